The molecule has 6 heteroatoms. The number of carbonyl (C=O) groups excluding carboxylic acids is 1. The summed E-state index contributed by atoms with van der Waals surface area (Å²) in [5.41, 5.74) is 2.75. The first-order valence-corrected chi connectivity index (χ1v) is 9.49. The maximum atomic E-state index is 13.2. The van der Waals surface area contributed by atoms with E-state index in [1.807, 2.05) is 13.0 Å². The molecule has 3 aromatic carbocycles. The quantitative estimate of drug-likeness (QED) is 0.398. The lowest BCUT2D eigenvalue weighted by molar-refractivity contribution is -0.112. The molecule has 0 bridgehead atoms. The van der Waals surface area contributed by atoms with Crippen molar-refractivity contribution in [1.29, 1.82) is 5.26 Å². The van der Waals surface area contributed by atoms with E-state index in [0.29, 0.717) is 22.0 Å². The van der Waals surface area contributed by atoms with Crippen LogP contribution in [0.5, 0.6) is 5.75 Å². The Morgan fingerprint density at radius 2 is 1.93 bits per heavy atom. The third-order valence-electron chi connectivity index (χ3n) is 4.29. The number of amides is 1. The highest BCUT2D eigenvalue weighted by Gasteiger charge is 2.11. The van der Waals surface area contributed by atoms with E-state index < -0.39 is 5.91 Å². The Kier molecular flexibility index (Phi) is 6.84. The van der Waals surface area contributed by atoms with Crippen molar-refractivity contribution in [3.8, 4) is 11.8 Å². The third kappa shape index (κ3) is 5.69. The number of rotatable bonds is 6. The second-order valence-corrected chi connectivity index (χ2v) is 7.01. The summed E-state index contributed by atoms with van der Waals surface area (Å²) in [6.45, 7) is 2.05. The highest BCUT2D eigenvalue weighted by atomic mass is 35.5. The van der Waals surface area contributed by atoms with Crippen LogP contribution in [0.2, 0.25) is 5.02 Å². The van der Waals surface area contributed by atoms with Gasteiger partial charge in [-0.05, 0) is 72.2 Å². The lowest BCUT2D eigenvalue weighted by Crippen LogP contribution is -2.14. The molecule has 1 amide bonds. The second-order valence-electron chi connectivity index (χ2n) is 6.57. The van der Waals surface area contributed by atoms with Crippen LogP contribution in [0.1, 0.15) is 16.7 Å². The Morgan fingerprint density at radius 1 is 1.17 bits per heavy atom. The minimum atomic E-state index is -0.505. The monoisotopic (exact) mass is 420 g/mol. The molecule has 1 N–H and O–H groups in total. The summed E-state index contributed by atoms with van der Waals surface area (Å²) in [7, 11) is 0. The van der Waals surface area contributed by atoms with Crippen LogP contribution < -0.4 is 10.1 Å². The molecule has 0 aromatic heterocycles. The molecule has 0 aliphatic rings. The number of nitriles is 1. The van der Waals surface area contributed by atoms with E-state index in [1.165, 1.54) is 18.2 Å². The van der Waals surface area contributed by atoms with Gasteiger partial charge in [0.1, 0.15) is 29.8 Å². The maximum Gasteiger partial charge on any atom is 0.266 e. The molecule has 0 saturated carbocycles. The molecule has 3 rings (SSSR count). The Morgan fingerprint density at radius 3 is 2.60 bits per heavy atom. The second kappa shape index (κ2) is 9.73. The third-order valence-corrected chi connectivity index (χ3v) is 4.52. The van der Waals surface area contributed by atoms with E-state index in [4.69, 9.17) is 16.3 Å². The number of nitrogens with one attached hydrogen (secondary N) is 1. The van der Waals surface area contributed by atoms with E-state index in [1.54, 1.807) is 54.6 Å². The smallest absolute Gasteiger partial charge is 0.266 e. The summed E-state index contributed by atoms with van der Waals surface area (Å²) in [6.07, 6.45) is 1.50. The molecule has 0 spiro atoms. The number of hydrogen-bond acceptors (Lipinski definition) is 3. The number of halogens is 2. The number of carbonyl (C=O) groups is 1. The van der Waals surface area contributed by atoms with Crippen molar-refractivity contribution in [3.63, 3.8) is 0 Å². The molecule has 150 valence electrons. The summed E-state index contributed by atoms with van der Waals surface area (Å²) >= 11 is 5.92. The predicted octanol–water partition coefficient (Wildman–Crippen LogP) is 5.91. The van der Waals surface area contributed by atoms with E-state index in [2.05, 4.69) is 5.32 Å². The van der Waals surface area contributed by atoms with Gasteiger partial charge in [-0.3, -0.25) is 4.79 Å². The maximum absolute atomic E-state index is 13.2. The van der Waals surface area contributed by atoms with Crippen molar-refractivity contribution in [2.45, 2.75) is 13.5 Å². The van der Waals surface area contributed by atoms with Gasteiger partial charge >= 0.3 is 0 Å². The van der Waals surface area contributed by atoms with Crippen molar-refractivity contribution in [2.75, 3.05) is 5.32 Å². The summed E-state index contributed by atoms with van der Waals surface area (Å²) in [4.78, 5) is 12.4. The molecule has 0 saturated heterocycles. The van der Waals surface area contributed by atoms with E-state index in [-0.39, 0.29) is 18.0 Å². The van der Waals surface area contributed by atoms with Crippen LogP contribution in [0.4, 0.5) is 10.1 Å². The normalized spacial score (nSPS) is 10.9. The first-order valence-electron chi connectivity index (χ1n) is 9.11. The molecule has 3 aromatic rings. The van der Waals surface area contributed by atoms with E-state index >= 15 is 0 Å². The van der Waals surface area contributed by atoms with Gasteiger partial charge in [0, 0.05) is 10.7 Å². The van der Waals surface area contributed by atoms with Gasteiger partial charge in [0.05, 0.1) is 0 Å². The Balaban J connectivity index is 1.66. The van der Waals surface area contributed by atoms with E-state index in [0.717, 1.165) is 11.1 Å². The van der Waals surface area contributed by atoms with Gasteiger partial charge in [-0.25, -0.2) is 4.39 Å². The zero-order chi connectivity index (χ0) is 21.5. The fourth-order valence-electron chi connectivity index (χ4n) is 2.73. The van der Waals surface area contributed by atoms with Crippen molar-refractivity contribution in [1.82, 2.24) is 0 Å². The predicted molar refractivity (Wildman–Crippen MR) is 116 cm³/mol. The molecule has 0 radical (unpaired) electrons. The van der Waals surface area contributed by atoms with Crippen molar-refractivity contribution >= 4 is 29.3 Å². The average Bonchev–Trinajstić information content (AvgIpc) is 2.73. The average molecular weight is 421 g/mol. The largest absolute Gasteiger partial charge is 0.489 e. The van der Waals surface area contributed by atoms with Crippen LogP contribution >= 0.6 is 11.6 Å². The van der Waals surface area contributed by atoms with Gasteiger partial charge in [0.2, 0.25) is 0 Å². The van der Waals surface area contributed by atoms with Gasteiger partial charge in [-0.2, -0.15) is 5.26 Å². The number of hydrogen-bond donors (Lipinski definition) is 1. The van der Waals surface area contributed by atoms with Gasteiger partial charge in [-0.1, -0.05) is 35.9 Å². The first kappa shape index (κ1) is 21.1. The lowest BCUT2D eigenvalue weighted by Gasteiger charge is -2.08. The molecule has 0 fully saturated rings. The SMILES string of the molecule is Cc1cc(Cl)ccc1NC(=O)/C(C#N)=C/c1ccc(OCc2cccc(F)c2)cc1. The number of nitrogens with zero attached hydrogens (tertiary/aromatic N) is 1. The highest BCUT2D eigenvalue weighted by Crippen LogP contribution is 2.21. The summed E-state index contributed by atoms with van der Waals surface area (Å²) in [5.74, 6) is -0.224. The zero-order valence-corrected chi connectivity index (χ0v) is 16.9. The van der Waals surface area contributed by atoms with Crippen LogP contribution in [-0.4, -0.2) is 5.91 Å². The summed E-state index contributed by atoms with van der Waals surface area (Å²) in [6, 6.07) is 20.1. The summed E-state index contributed by atoms with van der Waals surface area (Å²) in [5, 5.41) is 12.7. The van der Waals surface area contributed by atoms with Crippen LogP contribution in [0, 0.1) is 24.1 Å². The minimum Gasteiger partial charge on any atom is -0.489 e. The number of ether oxygens (including phenoxy) is 1. The van der Waals surface area contributed by atoms with Crippen LogP contribution in [-0.2, 0) is 11.4 Å². The van der Waals surface area contributed by atoms with Crippen molar-refractivity contribution in [3.05, 3.63) is 99.8 Å². The molecule has 4 nitrogen and oxygen atoms in total. The van der Waals surface area contributed by atoms with Crippen LogP contribution in [0.25, 0.3) is 6.08 Å². The molecule has 0 aliphatic heterocycles. The van der Waals surface area contributed by atoms with Crippen molar-refractivity contribution < 1.29 is 13.9 Å². The number of aryl methyl sites for hydroxylation is 1. The van der Waals surface area contributed by atoms with Gasteiger partial charge in [0.15, 0.2) is 0 Å². The van der Waals surface area contributed by atoms with Crippen molar-refractivity contribution in [2.24, 2.45) is 0 Å². The minimum absolute atomic E-state index is 0.0298. The standard InChI is InChI=1S/C24H18ClFN2O2/c1-16-11-20(25)7-10-23(16)28-24(29)19(14-27)12-17-5-8-22(9-6-17)30-15-18-3-2-4-21(26)13-18/h2-13H,15H2,1H3,(H,28,29)/b19-12+. The molecule has 0 atom stereocenters. The number of anilines is 1. The molecule has 0 unspecified atom stereocenters. The zero-order valence-electron chi connectivity index (χ0n) is 16.2. The molecule has 0 aliphatic carbocycles. The van der Waals surface area contributed by atoms with Crippen LogP contribution in [0.3, 0.4) is 0 Å². The van der Waals surface area contributed by atoms with Gasteiger partial charge in [0.25, 0.3) is 5.91 Å². The fourth-order valence-corrected chi connectivity index (χ4v) is 2.95. The Bertz CT molecular complexity index is 1130. The van der Waals surface area contributed by atoms with Crippen LogP contribution in [0.15, 0.2) is 72.3 Å². The molecular formula is C24H18ClFN2O2. The Labute approximate surface area is 179 Å². The molecule has 0 heterocycles. The fraction of sp³-hybridized carbons (Fsp3) is 0.0833. The summed E-state index contributed by atoms with van der Waals surface area (Å²) < 4.78 is 18.9. The van der Waals surface area contributed by atoms with Gasteiger partial charge in [-0.15, -0.1) is 0 Å². The molecular weight excluding hydrogens is 403 g/mol. The Hall–Kier alpha value is -3.62. The first-order chi connectivity index (χ1) is 14.4. The van der Waals surface area contributed by atoms with Gasteiger partial charge < -0.3 is 10.1 Å². The van der Waals surface area contributed by atoms with E-state index in [9.17, 15) is 14.4 Å². The topological polar surface area (TPSA) is 62.1 Å². The number of benzene rings is 3. The highest BCUT2D eigenvalue weighted by molar-refractivity contribution is 6.30. The molecule has 30 heavy (non-hydrogen) atoms. The lowest BCUT2D eigenvalue weighted by atomic mass is 10.1.